The first-order valence-corrected chi connectivity index (χ1v) is 10.3. The Balaban J connectivity index is 1.72. The molecular weight excluding hydrogens is 396 g/mol. The van der Waals surface area contributed by atoms with Crippen molar-refractivity contribution < 1.29 is 9.26 Å². The van der Waals surface area contributed by atoms with Gasteiger partial charge in [0.2, 0.25) is 11.7 Å². The van der Waals surface area contributed by atoms with E-state index in [9.17, 15) is 9.59 Å². The van der Waals surface area contributed by atoms with Gasteiger partial charge >= 0.3 is 5.69 Å². The second-order valence-corrected chi connectivity index (χ2v) is 7.29. The Bertz CT molecular complexity index is 1300. The highest BCUT2D eigenvalue weighted by Gasteiger charge is 2.16. The standard InChI is InChI=1S/C23H24N4O4/c1-3-4-7-14-26-22(28)18-8-5-6-9-19(18)27(23(26)29)15-20-24-21(25-31-20)16-10-12-17(30-2)13-11-16/h5-6,8-13H,3-4,7,14-15H2,1-2H3. The predicted octanol–water partition coefficient (Wildman–Crippen LogP) is 3.46. The van der Waals surface area contributed by atoms with Crippen LogP contribution in [-0.4, -0.2) is 26.4 Å². The number of ether oxygens (including phenoxy) is 1. The molecule has 0 aliphatic carbocycles. The van der Waals surface area contributed by atoms with Crippen LogP contribution in [0.4, 0.5) is 0 Å². The van der Waals surface area contributed by atoms with Crippen LogP contribution in [-0.2, 0) is 13.1 Å². The van der Waals surface area contributed by atoms with Gasteiger partial charge in [0.25, 0.3) is 5.56 Å². The van der Waals surface area contributed by atoms with Gasteiger partial charge in [-0.3, -0.25) is 13.9 Å². The summed E-state index contributed by atoms with van der Waals surface area (Å²) in [5.41, 5.74) is 0.687. The predicted molar refractivity (Wildman–Crippen MR) is 117 cm³/mol. The van der Waals surface area contributed by atoms with E-state index >= 15 is 0 Å². The highest BCUT2D eigenvalue weighted by molar-refractivity contribution is 5.77. The molecule has 0 saturated heterocycles. The molecule has 0 saturated carbocycles. The number of aromatic nitrogens is 4. The summed E-state index contributed by atoms with van der Waals surface area (Å²) >= 11 is 0. The van der Waals surface area contributed by atoms with Crippen LogP contribution in [0.5, 0.6) is 5.75 Å². The average Bonchev–Trinajstić information content (AvgIpc) is 3.28. The summed E-state index contributed by atoms with van der Waals surface area (Å²) in [6.45, 7) is 2.55. The Kier molecular flexibility index (Phi) is 5.97. The van der Waals surface area contributed by atoms with E-state index in [0.29, 0.717) is 23.3 Å². The number of methoxy groups -OCH3 is 1. The van der Waals surface area contributed by atoms with Gasteiger partial charge in [-0.25, -0.2) is 4.79 Å². The van der Waals surface area contributed by atoms with Gasteiger partial charge in [0.1, 0.15) is 12.3 Å². The van der Waals surface area contributed by atoms with Crippen molar-refractivity contribution >= 4 is 10.9 Å². The molecule has 4 aromatic rings. The van der Waals surface area contributed by atoms with Gasteiger partial charge in [0.15, 0.2) is 0 Å². The van der Waals surface area contributed by atoms with E-state index in [-0.39, 0.29) is 23.7 Å². The van der Waals surface area contributed by atoms with E-state index in [1.165, 1.54) is 9.13 Å². The van der Waals surface area contributed by atoms with E-state index in [4.69, 9.17) is 9.26 Å². The smallest absolute Gasteiger partial charge is 0.331 e. The Morgan fingerprint density at radius 1 is 1.00 bits per heavy atom. The number of hydrogen-bond donors (Lipinski definition) is 0. The number of nitrogens with zero attached hydrogens (tertiary/aromatic N) is 4. The molecule has 2 aromatic heterocycles. The van der Waals surface area contributed by atoms with Crippen LogP contribution in [0.3, 0.4) is 0 Å². The van der Waals surface area contributed by atoms with Crippen LogP contribution in [0, 0.1) is 0 Å². The van der Waals surface area contributed by atoms with Crippen molar-refractivity contribution in [3.63, 3.8) is 0 Å². The number of para-hydroxylation sites is 1. The highest BCUT2D eigenvalue weighted by atomic mass is 16.5. The van der Waals surface area contributed by atoms with Crippen LogP contribution in [0.15, 0.2) is 62.6 Å². The normalized spacial score (nSPS) is 11.2. The first-order valence-electron chi connectivity index (χ1n) is 10.3. The monoisotopic (exact) mass is 420 g/mol. The lowest BCUT2D eigenvalue weighted by Gasteiger charge is -2.12. The molecule has 0 radical (unpaired) electrons. The van der Waals surface area contributed by atoms with Crippen LogP contribution in [0.25, 0.3) is 22.3 Å². The number of fused-ring (bicyclic) bond motifs is 1. The molecule has 0 atom stereocenters. The average molecular weight is 420 g/mol. The third-order valence-corrected chi connectivity index (χ3v) is 5.23. The Morgan fingerprint density at radius 3 is 2.52 bits per heavy atom. The van der Waals surface area contributed by atoms with E-state index in [2.05, 4.69) is 17.1 Å². The fourth-order valence-electron chi connectivity index (χ4n) is 3.55. The van der Waals surface area contributed by atoms with Gasteiger partial charge in [0, 0.05) is 12.1 Å². The van der Waals surface area contributed by atoms with Gasteiger partial charge in [-0.1, -0.05) is 37.1 Å². The molecule has 0 unspecified atom stereocenters. The van der Waals surface area contributed by atoms with E-state index < -0.39 is 0 Å². The van der Waals surface area contributed by atoms with Crippen LogP contribution < -0.4 is 16.0 Å². The molecule has 0 N–H and O–H groups in total. The summed E-state index contributed by atoms with van der Waals surface area (Å²) in [5, 5.41) is 4.53. The van der Waals surface area contributed by atoms with Crippen molar-refractivity contribution in [1.82, 2.24) is 19.3 Å². The van der Waals surface area contributed by atoms with Gasteiger partial charge < -0.3 is 9.26 Å². The van der Waals surface area contributed by atoms with Crippen LogP contribution in [0.1, 0.15) is 32.1 Å². The number of hydrogen-bond acceptors (Lipinski definition) is 6. The minimum absolute atomic E-state index is 0.0799. The van der Waals surface area contributed by atoms with Gasteiger partial charge in [-0.2, -0.15) is 4.98 Å². The van der Waals surface area contributed by atoms with E-state index in [0.717, 1.165) is 30.6 Å². The maximum atomic E-state index is 13.2. The van der Waals surface area contributed by atoms with Crippen molar-refractivity contribution in [2.24, 2.45) is 0 Å². The molecule has 0 spiro atoms. The third kappa shape index (κ3) is 4.14. The van der Waals surface area contributed by atoms with Crippen molar-refractivity contribution in [3.8, 4) is 17.1 Å². The molecule has 0 aliphatic rings. The lowest BCUT2D eigenvalue weighted by molar-refractivity contribution is 0.369. The summed E-state index contributed by atoms with van der Waals surface area (Å²) in [4.78, 5) is 30.5. The Morgan fingerprint density at radius 2 is 1.77 bits per heavy atom. The molecule has 8 heteroatoms. The molecule has 2 heterocycles. The largest absolute Gasteiger partial charge is 0.497 e. The Hall–Kier alpha value is -3.68. The fourth-order valence-corrected chi connectivity index (χ4v) is 3.55. The summed E-state index contributed by atoms with van der Waals surface area (Å²) in [5.74, 6) is 1.44. The summed E-state index contributed by atoms with van der Waals surface area (Å²) < 4.78 is 13.4. The maximum Gasteiger partial charge on any atom is 0.331 e. The van der Waals surface area contributed by atoms with Crippen LogP contribution in [0.2, 0.25) is 0 Å². The number of rotatable bonds is 8. The first-order chi connectivity index (χ1) is 15.1. The summed E-state index contributed by atoms with van der Waals surface area (Å²) in [6, 6.07) is 14.4. The SMILES string of the molecule is CCCCCn1c(=O)c2ccccc2n(Cc2nc(-c3ccc(OC)cc3)no2)c1=O. The molecule has 0 bridgehead atoms. The topological polar surface area (TPSA) is 92.2 Å². The molecule has 160 valence electrons. The molecule has 0 fully saturated rings. The van der Waals surface area contributed by atoms with Crippen molar-refractivity contribution in [1.29, 1.82) is 0 Å². The van der Waals surface area contributed by atoms with Crippen molar-refractivity contribution in [2.75, 3.05) is 7.11 Å². The Labute approximate surface area is 178 Å². The fraction of sp³-hybridized carbons (Fsp3) is 0.304. The second kappa shape index (κ2) is 8.99. The number of unbranched alkanes of at least 4 members (excludes halogenated alkanes) is 2. The lowest BCUT2D eigenvalue weighted by atomic mass is 10.2. The lowest BCUT2D eigenvalue weighted by Crippen LogP contribution is -2.40. The molecule has 8 nitrogen and oxygen atoms in total. The van der Waals surface area contributed by atoms with Gasteiger partial charge in [-0.05, 0) is 42.8 Å². The molecule has 2 aromatic carbocycles. The molecule has 0 amide bonds. The maximum absolute atomic E-state index is 13.2. The second-order valence-electron chi connectivity index (χ2n) is 7.29. The minimum atomic E-state index is -0.371. The van der Waals surface area contributed by atoms with Crippen molar-refractivity contribution in [2.45, 2.75) is 39.3 Å². The van der Waals surface area contributed by atoms with Crippen molar-refractivity contribution in [3.05, 3.63) is 75.3 Å². The molecule has 0 aliphatic heterocycles. The zero-order valence-electron chi connectivity index (χ0n) is 17.6. The minimum Gasteiger partial charge on any atom is -0.497 e. The molecule has 31 heavy (non-hydrogen) atoms. The number of benzene rings is 2. The molecule has 4 rings (SSSR count). The first kappa shape index (κ1) is 20.6. The molecular formula is C23H24N4O4. The van der Waals surface area contributed by atoms with Gasteiger partial charge in [-0.15, -0.1) is 0 Å². The summed E-state index contributed by atoms with van der Waals surface area (Å²) in [7, 11) is 1.60. The summed E-state index contributed by atoms with van der Waals surface area (Å²) in [6.07, 6.45) is 2.73. The quantitative estimate of drug-likeness (QED) is 0.405. The highest BCUT2D eigenvalue weighted by Crippen LogP contribution is 2.20. The zero-order valence-corrected chi connectivity index (χ0v) is 17.6. The van der Waals surface area contributed by atoms with Crippen LogP contribution >= 0.6 is 0 Å². The van der Waals surface area contributed by atoms with Gasteiger partial charge in [0.05, 0.1) is 18.0 Å². The zero-order chi connectivity index (χ0) is 21.8. The third-order valence-electron chi connectivity index (χ3n) is 5.23. The van der Waals surface area contributed by atoms with E-state index in [1.54, 1.807) is 31.4 Å². The van der Waals surface area contributed by atoms with E-state index in [1.807, 2.05) is 24.3 Å².